The summed E-state index contributed by atoms with van der Waals surface area (Å²) in [6, 6.07) is 8.66. The molecule has 1 atom stereocenters. The maximum absolute atomic E-state index is 4.55. The third-order valence-corrected chi connectivity index (χ3v) is 10.4. The molecule has 0 saturated carbocycles. The smallest absolute Gasteiger partial charge is 0.0541 e. The number of allylic oxidation sites excluding steroid dienone is 22. The molecule has 4 rings (SSSR count). The third kappa shape index (κ3) is 8.26. The molecule has 270 valence electrons. The molecule has 0 fully saturated rings. The van der Waals surface area contributed by atoms with Crippen LogP contribution in [0, 0.1) is 25.2 Å². The van der Waals surface area contributed by atoms with E-state index in [0.717, 1.165) is 30.5 Å². The van der Waals surface area contributed by atoms with E-state index in [1.54, 1.807) is 0 Å². The van der Waals surface area contributed by atoms with Gasteiger partial charge in [-0.05, 0) is 135 Å². The van der Waals surface area contributed by atoms with Crippen molar-refractivity contribution in [3.05, 3.63) is 184 Å². The van der Waals surface area contributed by atoms with Crippen LogP contribution in [0.3, 0.4) is 0 Å². The monoisotopic (exact) mass is 687 g/mol. The molecule has 0 radical (unpaired) electrons. The van der Waals surface area contributed by atoms with Crippen LogP contribution >= 0.6 is 0 Å². The van der Waals surface area contributed by atoms with E-state index in [1.807, 2.05) is 6.08 Å². The quantitative estimate of drug-likeness (QED) is 0.138. The fourth-order valence-corrected chi connectivity index (χ4v) is 7.70. The Morgan fingerprint density at radius 3 is 2.38 bits per heavy atom. The molecule has 2 aromatic rings. The molecule has 1 heteroatoms. The first-order valence-electron chi connectivity index (χ1n) is 19.1. The lowest BCUT2D eigenvalue weighted by molar-refractivity contribution is 0.592. The molecule has 2 aliphatic carbocycles. The van der Waals surface area contributed by atoms with Crippen LogP contribution in [-0.4, -0.2) is 4.57 Å². The summed E-state index contributed by atoms with van der Waals surface area (Å²) in [5, 5.41) is 0. The van der Waals surface area contributed by atoms with E-state index in [-0.39, 0.29) is 11.3 Å². The van der Waals surface area contributed by atoms with Crippen LogP contribution in [0.25, 0.3) is 29.0 Å². The Balaban J connectivity index is 1.91. The van der Waals surface area contributed by atoms with Crippen LogP contribution in [0.2, 0.25) is 0 Å². The van der Waals surface area contributed by atoms with Crippen LogP contribution in [0.15, 0.2) is 150 Å². The van der Waals surface area contributed by atoms with Gasteiger partial charge in [-0.25, -0.2) is 0 Å². The predicted molar refractivity (Wildman–Crippen MR) is 234 cm³/mol. The molecule has 52 heavy (non-hydrogen) atoms. The Morgan fingerprint density at radius 1 is 1.00 bits per heavy atom. The van der Waals surface area contributed by atoms with Gasteiger partial charge in [0.2, 0.25) is 0 Å². The maximum Gasteiger partial charge on any atom is 0.0541 e. The van der Waals surface area contributed by atoms with Crippen molar-refractivity contribution in [3.63, 3.8) is 0 Å². The number of hydrogen-bond acceptors (Lipinski definition) is 0. The Hall–Kier alpha value is -4.88. The van der Waals surface area contributed by atoms with Crippen molar-refractivity contribution in [1.29, 1.82) is 0 Å². The highest BCUT2D eigenvalue weighted by molar-refractivity contribution is 5.91. The Kier molecular flexibility index (Phi) is 13.9. The number of nitrogens with zero attached hydrogens (tertiary/aromatic N) is 1. The van der Waals surface area contributed by atoms with Gasteiger partial charge >= 0.3 is 0 Å². The summed E-state index contributed by atoms with van der Waals surface area (Å²) in [6.45, 7) is 31.0. The standard InChI is InChI=1S/C51H61N/c1-13-18-34-47-38(9)39(10)50(49-48(36(6)7)45(26-16-4)46(27-17-5)51(49,11)12)52(47)43(25-15-3)32-23-28-37(8)41-30-19-20-31-42(35-41)44-33-22-21-29-40(44)24-14-2/h14-26,28-29,31-35,37H,5-6,13,27,30H2,1-4,7-12H3/b24-14+,25-15-,26-16-,28-23+,34-18-,43-32+. The van der Waals surface area contributed by atoms with Crippen LogP contribution in [0.5, 0.6) is 0 Å². The molecule has 0 spiro atoms. The molecule has 1 unspecified atom stereocenters. The second-order valence-corrected chi connectivity index (χ2v) is 14.5. The van der Waals surface area contributed by atoms with E-state index in [2.05, 4.69) is 202 Å². The molecule has 0 aliphatic heterocycles. The highest BCUT2D eigenvalue weighted by Crippen LogP contribution is 2.56. The van der Waals surface area contributed by atoms with Crippen molar-refractivity contribution in [3.8, 4) is 0 Å². The summed E-state index contributed by atoms with van der Waals surface area (Å²) >= 11 is 0. The van der Waals surface area contributed by atoms with Gasteiger partial charge in [0.05, 0.1) is 5.69 Å². The number of aromatic nitrogens is 1. The van der Waals surface area contributed by atoms with E-state index >= 15 is 0 Å². The summed E-state index contributed by atoms with van der Waals surface area (Å²) in [7, 11) is 0. The number of hydrogen-bond donors (Lipinski definition) is 0. The van der Waals surface area contributed by atoms with Gasteiger partial charge in [-0.1, -0.05) is 149 Å². The fourth-order valence-electron chi connectivity index (χ4n) is 7.70. The van der Waals surface area contributed by atoms with Crippen molar-refractivity contribution in [2.24, 2.45) is 11.3 Å². The van der Waals surface area contributed by atoms with Gasteiger partial charge in [0.15, 0.2) is 0 Å². The van der Waals surface area contributed by atoms with Gasteiger partial charge in [0.1, 0.15) is 0 Å². The van der Waals surface area contributed by atoms with E-state index in [9.17, 15) is 0 Å². The topological polar surface area (TPSA) is 4.93 Å². The summed E-state index contributed by atoms with van der Waals surface area (Å²) in [5.74, 6) is 0.260. The van der Waals surface area contributed by atoms with Gasteiger partial charge in [0, 0.05) is 16.8 Å². The first kappa shape index (κ1) is 39.9. The molecule has 0 bridgehead atoms. The lowest BCUT2D eigenvalue weighted by Crippen LogP contribution is -2.18. The molecule has 0 N–H and O–H groups in total. The highest BCUT2D eigenvalue weighted by atomic mass is 15.0. The van der Waals surface area contributed by atoms with Crippen LogP contribution < -0.4 is 0 Å². The van der Waals surface area contributed by atoms with Crippen LogP contribution in [0.1, 0.15) is 108 Å². The van der Waals surface area contributed by atoms with E-state index < -0.39 is 0 Å². The van der Waals surface area contributed by atoms with Gasteiger partial charge in [-0.3, -0.25) is 0 Å². The first-order valence-corrected chi connectivity index (χ1v) is 19.1. The van der Waals surface area contributed by atoms with E-state index in [4.69, 9.17) is 0 Å². The molecule has 1 heterocycles. The first-order chi connectivity index (χ1) is 25.0. The molecular formula is C51H61N. The van der Waals surface area contributed by atoms with Crippen molar-refractivity contribution >= 4 is 29.0 Å². The average Bonchev–Trinajstić information content (AvgIpc) is 3.32. The molecule has 0 saturated heterocycles. The number of benzene rings is 1. The summed E-state index contributed by atoms with van der Waals surface area (Å²) in [5.41, 5.74) is 17.5. The molecule has 1 nitrogen and oxygen atoms in total. The summed E-state index contributed by atoms with van der Waals surface area (Å²) < 4.78 is 2.50. The fraction of sp³-hybridized carbons (Fsp3) is 0.294. The normalized spacial score (nSPS) is 17.5. The second kappa shape index (κ2) is 18.1. The van der Waals surface area contributed by atoms with E-state index in [0.29, 0.717) is 0 Å². The van der Waals surface area contributed by atoms with E-state index in [1.165, 1.54) is 67.1 Å². The third-order valence-electron chi connectivity index (χ3n) is 10.4. The molecule has 1 aromatic heterocycles. The van der Waals surface area contributed by atoms with Gasteiger partial charge in [0.25, 0.3) is 0 Å². The minimum atomic E-state index is -0.224. The van der Waals surface area contributed by atoms with Crippen molar-refractivity contribution in [2.75, 3.05) is 0 Å². The van der Waals surface area contributed by atoms with Gasteiger partial charge in [-0.2, -0.15) is 0 Å². The zero-order chi connectivity index (χ0) is 38.0. The number of rotatable bonds is 14. The molecule has 2 aliphatic rings. The molecule has 0 amide bonds. The Bertz CT molecular complexity index is 2020. The van der Waals surface area contributed by atoms with Crippen molar-refractivity contribution < 1.29 is 0 Å². The Labute approximate surface area is 316 Å². The minimum Gasteiger partial charge on any atom is -0.310 e. The zero-order valence-corrected chi connectivity index (χ0v) is 33.6. The lowest BCUT2D eigenvalue weighted by Gasteiger charge is -2.30. The molecular weight excluding hydrogens is 627 g/mol. The van der Waals surface area contributed by atoms with Crippen LogP contribution in [0.4, 0.5) is 0 Å². The van der Waals surface area contributed by atoms with Gasteiger partial charge in [-0.15, -0.1) is 6.58 Å². The summed E-state index contributed by atoms with van der Waals surface area (Å²) in [4.78, 5) is 0. The second-order valence-electron chi connectivity index (χ2n) is 14.5. The van der Waals surface area contributed by atoms with Crippen molar-refractivity contribution in [2.45, 2.75) is 88.5 Å². The van der Waals surface area contributed by atoms with Crippen LogP contribution in [-0.2, 0) is 0 Å². The highest BCUT2D eigenvalue weighted by Gasteiger charge is 2.42. The average molecular weight is 688 g/mol. The minimum absolute atomic E-state index is 0.224. The van der Waals surface area contributed by atoms with Gasteiger partial charge < -0.3 is 4.57 Å². The lowest BCUT2D eigenvalue weighted by atomic mass is 9.76. The zero-order valence-electron chi connectivity index (χ0n) is 33.6. The summed E-state index contributed by atoms with van der Waals surface area (Å²) in [6.07, 6.45) is 38.5. The maximum atomic E-state index is 4.55. The SMILES string of the molecule is C=CCC1=C(/C=C\C)C(C(=C)C)=C(c2c(C)c(C)c(/C=C\CC)n2C(/C=C\C)=C/C=C/C(C)C2=CC(c3ccccc3/C=C/C)=CC=CC2)C1(C)C. The largest absolute Gasteiger partial charge is 0.310 e. The Morgan fingerprint density at radius 2 is 1.73 bits per heavy atom. The predicted octanol–water partition coefficient (Wildman–Crippen LogP) is 15.0. The molecule has 1 aromatic carbocycles. The van der Waals surface area contributed by atoms with Crippen molar-refractivity contribution in [1.82, 2.24) is 4.57 Å².